The van der Waals surface area contributed by atoms with E-state index < -0.39 is 10.0 Å². The van der Waals surface area contributed by atoms with Crippen LogP contribution >= 0.6 is 15.9 Å². The van der Waals surface area contributed by atoms with Crippen LogP contribution in [0.5, 0.6) is 0 Å². The summed E-state index contributed by atoms with van der Waals surface area (Å²) in [6, 6.07) is 4.86. The Balaban J connectivity index is 2.52. The summed E-state index contributed by atoms with van der Waals surface area (Å²) in [5.41, 5.74) is 5.81. The second-order valence-electron chi connectivity index (χ2n) is 5.18. The highest BCUT2D eigenvalue weighted by Crippen LogP contribution is 2.36. The van der Waals surface area contributed by atoms with Gasteiger partial charge in [-0.1, -0.05) is 0 Å². The number of nitrogens with two attached hydrogens (primary N) is 1. The lowest BCUT2D eigenvalue weighted by Crippen LogP contribution is -2.42. The van der Waals surface area contributed by atoms with Crippen molar-refractivity contribution in [3.05, 3.63) is 22.7 Å². The molecular weight excluding hydrogens is 316 g/mol. The van der Waals surface area contributed by atoms with Crippen LogP contribution in [0.25, 0.3) is 0 Å². The number of sulfonamides is 1. The van der Waals surface area contributed by atoms with E-state index in [9.17, 15) is 8.42 Å². The normalized spacial score (nSPS) is 20.2. The third kappa shape index (κ3) is 2.29. The van der Waals surface area contributed by atoms with Crippen LogP contribution in [0.4, 0.5) is 5.69 Å². The van der Waals surface area contributed by atoms with Gasteiger partial charge in [-0.05, 0) is 60.8 Å². The molecule has 0 spiro atoms. The molecule has 1 aromatic carbocycles. The van der Waals surface area contributed by atoms with Crippen molar-refractivity contribution in [3.63, 3.8) is 0 Å². The Labute approximate surface area is 116 Å². The number of hydrogen-bond donors (Lipinski definition) is 1. The molecule has 1 heterocycles. The second-order valence-corrected chi connectivity index (χ2v) is 7.87. The second kappa shape index (κ2) is 4.51. The molecule has 100 valence electrons. The Hall–Kier alpha value is -0.590. The lowest BCUT2D eigenvalue weighted by molar-refractivity contribution is 0.291. The highest BCUT2D eigenvalue weighted by Gasteiger charge is 2.41. The van der Waals surface area contributed by atoms with E-state index in [1.54, 1.807) is 16.4 Å². The lowest BCUT2D eigenvalue weighted by Gasteiger charge is -2.30. The molecule has 2 rings (SSSR count). The predicted molar refractivity (Wildman–Crippen MR) is 75.8 cm³/mol. The van der Waals surface area contributed by atoms with Gasteiger partial charge >= 0.3 is 0 Å². The van der Waals surface area contributed by atoms with Crippen molar-refractivity contribution in [2.75, 3.05) is 12.3 Å². The lowest BCUT2D eigenvalue weighted by atomic mass is 10.0. The maximum Gasteiger partial charge on any atom is 0.244 e. The highest BCUT2D eigenvalue weighted by molar-refractivity contribution is 9.10. The Morgan fingerprint density at radius 3 is 2.61 bits per heavy atom. The van der Waals surface area contributed by atoms with Gasteiger partial charge in [0.2, 0.25) is 10.0 Å². The van der Waals surface area contributed by atoms with Crippen molar-refractivity contribution >= 4 is 31.6 Å². The molecule has 0 atom stereocenters. The van der Waals surface area contributed by atoms with Crippen LogP contribution in [0.1, 0.15) is 26.7 Å². The minimum atomic E-state index is -3.49. The SMILES string of the molecule is CC1(C)CCCN1S(=O)(=O)c1cc(N)ccc1Br. The molecule has 0 unspecified atom stereocenters. The fourth-order valence-corrected chi connectivity index (χ4v) is 5.17. The van der Waals surface area contributed by atoms with Crippen LogP contribution < -0.4 is 5.73 Å². The molecule has 1 saturated heterocycles. The maximum atomic E-state index is 12.7. The number of anilines is 1. The molecular formula is C12H17BrN2O2S. The summed E-state index contributed by atoms with van der Waals surface area (Å²) >= 11 is 3.29. The van der Waals surface area contributed by atoms with Crippen molar-refractivity contribution < 1.29 is 8.42 Å². The molecule has 0 bridgehead atoms. The maximum absolute atomic E-state index is 12.7. The number of nitrogens with zero attached hydrogens (tertiary/aromatic N) is 1. The molecule has 0 amide bonds. The minimum absolute atomic E-state index is 0.248. The molecule has 4 nitrogen and oxygen atoms in total. The van der Waals surface area contributed by atoms with E-state index in [4.69, 9.17) is 5.73 Å². The van der Waals surface area contributed by atoms with Gasteiger partial charge in [-0.15, -0.1) is 0 Å². The van der Waals surface area contributed by atoms with Gasteiger partial charge in [-0.2, -0.15) is 4.31 Å². The average molecular weight is 333 g/mol. The van der Waals surface area contributed by atoms with Gasteiger partial charge < -0.3 is 5.73 Å². The van der Waals surface area contributed by atoms with Gasteiger partial charge in [0, 0.05) is 22.2 Å². The molecule has 1 aliphatic heterocycles. The van der Waals surface area contributed by atoms with Crippen molar-refractivity contribution in [3.8, 4) is 0 Å². The van der Waals surface area contributed by atoms with Gasteiger partial charge in [-0.3, -0.25) is 0 Å². The topological polar surface area (TPSA) is 63.4 Å². The van der Waals surface area contributed by atoms with Gasteiger partial charge in [0.25, 0.3) is 0 Å². The molecule has 2 N–H and O–H groups in total. The first kappa shape index (κ1) is 13.8. The molecule has 1 aromatic rings. The molecule has 0 radical (unpaired) electrons. The number of rotatable bonds is 2. The van der Waals surface area contributed by atoms with E-state index in [-0.39, 0.29) is 10.4 Å². The Bertz CT molecular complexity index is 569. The van der Waals surface area contributed by atoms with Crippen molar-refractivity contribution in [2.24, 2.45) is 0 Å². The number of hydrogen-bond acceptors (Lipinski definition) is 3. The van der Waals surface area contributed by atoms with E-state index >= 15 is 0 Å². The zero-order valence-corrected chi connectivity index (χ0v) is 12.9. The van der Waals surface area contributed by atoms with E-state index in [0.717, 1.165) is 12.8 Å². The number of benzene rings is 1. The Morgan fingerprint density at radius 2 is 2.06 bits per heavy atom. The third-order valence-electron chi connectivity index (χ3n) is 3.35. The summed E-state index contributed by atoms with van der Waals surface area (Å²) in [5, 5.41) is 0. The van der Waals surface area contributed by atoms with Crippen LogP contribution in [0.3, 0.4) is 0 Å². The van der Waals surface area contributed by atoms with Gasteiger partial charge in [0.05, 0.1) is 4.90 Å². The largest absolute Gasteiger partial charge is 0.399 e. The van der Waals surface area contributed by atoms with E-state index in [2.05, 4.69) is 15.9 Å². The highest BCUT2D eigenvalue weighted by atomic mass is 79.9. The first-order valence-corrected chi connectivity index (χ1v) is 8.06. The number of nitrogen functional groups attached to an aromatic ring is 1. The van der Waals surface area contributed by atoms with Gasteiger partial charge in [0.15, 0.2) is 0 Å². The molecule has 1 fully saturated rings. The first-order valence-electron chi connectivity index (χ1n) is 5.83. The van der Waals surface area contributed by atoms with Crippen LogP contribution in [-0.2, 0) is 10.0 Å². The molecule has 18 heavy (non-hydrogen) atoms. The minimum Gasteiger partial charge on any atom is -0.399 e. The first-order chi connectivity index (χ1) is 8.25. The average Bonchev–Trinajstić information content (AvgIpc) is 2.62. The summed E-state index contributed by atoms with van der Waals surface area (Å²) < 4.78 is 27.5. The van der Waals surface area contributed by atoms with Crippen LogP contribution in [0.2, 0.25) is 0 Å². The van der Waals surface area contributed by atoms with E-state index in [0.29, 0.717) is 16.7 Å². The summed E-state index contributed by atoms with van der Waals surface area (Å²) in [6.45, 7) is 4.48. The summed E-state index contributed by atoms with van der Waals surface area (Å²) in [6.07, 6.45) is 1.78. The zero-order chi connectivity index (χ0) is 13.6. The zero-order valence-electron chi connectivity index (χ0n) is 10.5. The van der Waals surface area contributed by atoms with Gasteiger partial charge in [-0.25, -0.2) is 8.42 Å². The Morgan fingerprint density at radius 1 is 1.39 bits per heavy atom. The standard InChI is InChI=1S/C12H17BrN2O2S/c1-12(2)6-3-7-15(12)18(16,17)11-8-9(14)4-5-10(11)13/h4-5,8H,3,6-7,14H2,1-2H3. The fourth-order valence-electron chi connectivity index (χ4n) is 2.36. The molecule has 1 aliphatic rings. The quantitative estimate of drug-likeness (QED) is 0.846. The Kier molecular flexibility index (Phi) is 3.46. The smallest absolute Gasteiger partial charge is 0.244 e. The summed E-state index contributed by atoms with van der Waals surface area (Å²) in [4.78, 5) is 0.248. The molecule has 0 aromatic heterocycles. The van der Waals surface area contributed by atoms with Crippen molar-refractivity contribution in [1.29, 1.82) is 0 Å². The third-order valence-corrected chi connectivity index (χ3v) is 6.45. The van der Waals surface area contributed by atoms with Crippen LogP contribution in [0.15, 0.2) is 27.6 Å². The van der Waals surface area contributed by atoms with Gasteiger partial charge in [0.1, 0.15) is 0 Å². The summed E-state index contributed by atoms with van der Waals surface area (Å²) in [7, 11) is -3.49. The summed E-state index contributed by atoms with van der Waals surface area (Å²) in [5.74, 6) is 0. The van der Waals surface area contributed by atoms with Crippen LogP contribution in [0, 0.1) is 0 Å². The molecule has 6 heteroatoms. The van der Waals surface area contributed by atoms with E-state index in [1.807, 2.05) is 13.8 Å². The molecule has 0 aliphatic carbocycles. The van der Waals surface area contributed by atoms with Crippen molar-refractivity contribution in [2.45, 2.75) is 37.1 Å². The fraction of sp³-hybridized carbons (Fsp3) is 0.500. The van der Waals surface area contributed by atoms with Crippen LogP contribution in [-0.4, -0.2) is 24.8 Å². The molecule has 0 saturated carbocycles. The number of halogens is 1. The van der Waals surface area contributed by atoms with Crippen molar-refractivity contribution in [1.82, 2.24) is 4.31 Å². The van der Waals surface area contributed by atoms with E-state index in [1.165, 1.54) is 6.07 Å². The monoisotopic (exact) mass is 332 g/mol. The predicted octanol–water partition coefficient (Wildman–Crippen LogP) is 2.59.